The Morgan fingerprint density at radius 1 is 0.973 bits per heavy atom. The van der Waals surface area contributed by atoms with Gasteiger partial charge in [-0.15, -0.1) is 0 Å². The Balaban J connectivity index is 1.63. The number of unbranched alkanes of at least 4 members (excludes halogenated alkanes) is 3. The standard InChI is InChI=1S/C29H35N3O5/c1-5-6-7-10-13-31-17-25(33)32-22(29(31)34)16-20-19-11-8-9-12-21(19)30-26(20)27(32)18-14-23(35-2)28(37-4)24(15-18)36-3/h8-9,11-12,14-15,22,27,30H,5-7,10,13,16-17H2,1-4H3/t22-,27+/m1/s1. The fourth-order valence-corrected chi connectivity index (χ4v) is 5.85. The third-order valence-electron chi connectivity index (χ3n) is 7.63. The molecule has 0 unspecified atom stereocenters. The van der Waals surface area contributed by atoms with Crippen LogP contribution in [0.25, 0.3) is 10.9 Å². The zero-order valence-electron chi connectivity index (χ0n) is 22.0. The van der Waals surface area contributed by atoms with Crippen LogP contribution >= 0.6 is 0 Å². The molecule has 8 heteroatoms. The number of aromatic amines is 1. The van der Waals surface area contributed by atoms with Gasteiger partial charge in [-0.05, 0) is 35.7 Å². The van der Waals surface area contributed by atoms with Crippen molar-refractivity contribution in [3.63, 3.8) is 0 Å². The first-order valence-electron chi connectivity index (χ1n) is 13.0. The summed E-state index contributed by atoms with van der Waals surface area (Å²) in [7, 11) is 4.71. The van der Waals surface area contributed by atoms with E-state index in [-0.39, 0.29) is 18.4 Å². The van der Waals surface area contributed by atoms with Gasteiger partial charge in [0.1, 0.15) is 6.04 Å². The Bertz CT molecular complexity index is 1290. The fourth-order valence-electron chi connectivity index (χ4n) is 5.85. The monoisotopic (exact) mass is 505 g/mol. The quantitative estimate of drug-likeness (QED) is 0.434. The number of carbonyl (C=O) groups is 2. The largest absolute Gasteiger partial charge is 0.493 e. The summed E-state index contributed by atoms with van der Waals surface area (Å²) in [6.07, 6.45) is 4.71. The van der Waals surface area contributed by atoms with Gasteiger partial charge in [0, 0.05) is 29.6 Å². The van der Waals surface area contributed by atoms with Crippen LogP contribution in [0.5, 0.6) is 17.2 Å². The van der Waals surface area contributed by atoms with Crippen LogP contribution in [-0.4, -0.2) is 67.1 Å². The molecule has 1 fully saturated rings. The highest BCUT2D eigenvalue weighted by Gasteiger charge is 2.48. The van der Waals surface area contributed by atoms with Crippen LogP contribution in [0, 0.1) is 0 Å². The summed E-state index contributed by atoms with van der Waals surface area (Å²) in [6, 6.07) is 10.8. The topological polar surface area (TPSA) is 84.1 Å². The van der Waals surface area contributed by atoms with Crippen molar-refractivity contribution in [3.8, 4) is 17.2 Å². The van der Waals surface area contributed by atoms with Gasteiger partial charge in [-0.3, -0.25) is 9.59 Å². The number of nitrogens with zero attached hydrogens (tertiary/aromatic N) is 2. The number of fused-ring (bicyclic) bond motifs is 4. The second-order valence-electron chi connectivity index (χ2n) is 9.77. The number of hydrogen-bond acceptors (Lipinski definition) is 5. The molecule has 2 amide bonds. The minimum atomic E-state index is -0.566. The molecule has 2 atom stereocenters. The van der Waals surface area contributed by atoms with E-state index < -0.39 is 12.1 Å². The van der Waals surface area contributed by atoms with Gasteiger partial charge >= 0.3 is 0 Å². The molecule has 37 heavy (non-hydrogen) atoms. The Kier molecular flexibility index (Phi) is 7.00. The first-order chi connectivity index (χ1) is 18.0. The molecule has 2 aliphatic heterocycles. The van der Waals surface area contributed by atoms with Crippen LogP contribution < -0.4 is 14.2 Å². The Hall–Kier alpha value is -3.68. The number of amides is 2. The van der Waals surface area contributed by atoms with Crippen molar-refractivity contribution in [2.75, 3.05) is 34.4 Å². The van der Waals surface area contributed by atoms with Gasteiger partial charge in [0.2, 0.25) is 17.6 Å². The molecule has 196 valence electrons. The molecule has 8 nitrogen and oxygen atoms in total. The van der Waals surface area contributed by atoms with Crippen molar-refractivity contribution < 1.29 is 23.8 Å². The zero-order valence-corrected chi connectivity index (χ0v) is 22.0. The second-order valence-corrected chi connectivity index (χ2v) is 9.77. The maximum Gasteiger partial charge on any atom is 0.246 e. The highest BCUT2D eigenvalue weighted by molar-refractivity contribution is 5.97. The van der Waals surface area contributed by atoms with Crippen LogP contribution in [0.2, 0.25) is 0 Å². The number of methoxy groups -OCH3 is 3. The average Bonchev–Trinajstić information content (AvgIpc) is 3.30. The SMILES string of the molecule is CCCCCCN1CC(=O)N2[C@@H](c3cc(OC)c(OC)c(OC)c3)c3[nH]c4ccccc4c3C[C@@H]2C1=O. The van der Waals surface area contributed by atoms with E-state index in [2.05, 4.69) is 18.0 Å². The summed E-state index contributed by atoms with van der Waals surface area (Å²) in [5, 5.41) is 1.08. The van der Waals surface area contributed by atoms with Crippen LogP contribution in [0.3, 0.4) is 0 Å². The van der Waals surface area contributed by atoms with Gasteiger partial charge in [0.25, 0.3) is 0 Å². The lowest BCUT2D eigenvalue weighted by Crippen LogP contribution is -2.63. The van der Waals surface area contributed by atoms with Crippen LogP contribution in [0.1, 0.15) is 55.5 Å². The molecule has 0 spiro atoms. The lowest BCUT2D eigenvalue weighted by atomic mass is 9.86. The van der Waals surface area contributed by atoms with Gasteiger partial charge in [-0.2, -0.15) is 0 Å². The zero-order chi connectivity index (χ0) is 26.1. The molecule has 1 aromatic heterocycles. The van der Waals surface area contributed by atoms with E-state index in [4.69, 9.17) is 14.2 Å². The number of para-hydroxylation sites is 1. The van der Waals surface area contributed by atoms with Crippen LogP contribution in [-0.2, 0) is 16.0 Å². The molecule has 2 aromatic carbocycles. The number of H-pyrrole nitrogens is 1. The number of piperazine rings is 1. The molecule has 1 N–H and O–H groups in total. The summed E-state index contributed by atoms with van der Waals surface area (Å²) in [6.45, 7) is 2.88. The average molecular weight is 506 g/mol. The molecule has 0 radical (unpaired) electrons. The van der Waals surface area contributed by atoms with Gasteiger partial charge in [-0.1, -0.05) is 44.4 Å². The highest BCUT2D eigenvalue weighted by atomic mass is 16.5. The molecule has 0 aliphatic carbocycles. The van der Waals surface area contributed by atoms with Crippen molar-refractivity contribution >= 4 is 22.7 Å². The maximum atomic E-state index is 13.8. The van der Waals surface area contributed by atoms with Crippen LogP contribution in [0.15, 0.2) is 36.4 Å². The first kappa shape index (κ1) is 25.0. The minimum absolute atomic E-state index is 0.0180. The molecule has 0 saturated carbocycles. The van der Waals surface area contributed by atoms with Gasteiger partial charge in [0.15, 0.2) is 11.5 Å². The van der Waals surface area contributed by atoms with Crippen molar-refractivity contribution in [3.05, 3.63) is 53.2 Å². The molecule has 3 heterocycles. The van der Waals surface area contributed by atoms with Crippen LogP contribution in [0.4, 0.5) is 0 Å². The van der Waals surface area contributed by atoms with Crippen molar-refractivity contribution in [1.29, 1.82) is 0 Å². The maximum absolute atomic E-state index is 13.8. The summed E-state index contributed by atoms with van der Waals surface area (Å²) in [5.41, 5.74) is 3.78. The Morgan fingerprint density at radius 3 is 2.38 bits per heavy atom. The summed E-state index contributed by atoms with van der Waals surface area (Å²) < 4.78 is 16.8. The number of nitrogens with one attached hydrogen (secondary N) is 1. The normalized spacial score (nSPS) is 19.1. The smallest absolute Gasteiger partial charge is 0.246 e. The van der Waals surface area contributed by atoms with E-state index in [1.54, 1.807) is 31.1 Å². The van der Waals surface area contributed by atoms with Crippen molar-refractivity contribution in [2.24, 2.45) is 0 Å². The fraction of sp³-hybridized carbons (Fsp3) is 0.448. The minimum Gasteiger partial charge on any atom is -0.493 e. The third-order valence-corrected chi connectivity index (χ3v) is 7.63. The lowest BCUT2D eigenvalue weighted by Gasteiger charge is -2.47. The summed E-state index contributed by atoms with van der Waals surface area (Å²) in [5.74, 6) is 1.46. The van der Waals surface area contributed by atoms with Gasteiger partial charge in [0.05, 0.1) is 33.9 Å². The number of benzene rings is 2. The molecule has 3 aromatic rings. The number of carbonyl (C=O) groups excluding carboxylic acids is 2. The predicted octanol–water partition coefficient (Wildman–Crippen LogP) is 4.46. The molecule has 5 rings (SSSR count). The van der Waals surface area contributed by atoms with E-state index in [9.17, 15) is 9.59 Å². The van der Waals surface area contributed by atoms with Gasteiger partial charge < -0.3 is 29.0 Å². The number of hydrogen-bond donors (Lipinski definition) is 1. The van der Waals surface area contributed by atoms with E-state index in [0.717, 1.165) is 53.4 Å². The molecule has 2 aliphatic rings. The number of rotatable bonds is 9. The molecular weight excluding hydrogens is 470 g/mol. The molecule has 0 bridgehead atoms. The molecule has 1 saturated heterocycles. The number of ether oxygens (including phenoxy) is 3. The third kappa shape index (κ3) is 4.28. The predicted molar refractivity (Wildman–Crippen MR) is 141 cm³/mol. The van der Waals surface area contributed by atoms with Crippen molar-refractivity contribution in [1.82, 2.24) is 14.8 Å². The summed E-state index contributed by atoms with van der Waals surface area (Å²) in [4.78, 5) is 34.6. The Morgan fingerprint density at radius 2 is 1.70 bits per heavy atom. The van der Waals surface area contributed by atoms with E-state index in [1.165, 1.54) is 0 Å². The Labute approximate surface area is 217 Å². The van der Waals surface area contributed by atoms with E-state index in [1.807, 2.05) is 30.3 Å². The first-order valence-corrected chi connectivity index (χ1v) is 13.0. The summed E-state index contributed by atoms with van der Waals surface area (Å²) >= 11 is 0. The lowest BCUT2D eigenvalue weighted by molar-refractivity contribution is -0.158. The highest BCUT2D eigenvalue weighted by Crippen LogP contribution is 2.47. The van der Waals surface area contributed by atoms with Gasteiger partial charge in [-0.25, -0.2) is 0 Å². The second kappa shape index (κ2) is 10.4. The molecular formula is C29H35N3O5. The number of aromatic nitrogens is 1. The van der Waals surface area contributed by atoms with E-state index >= 15 is 0 Å². The van der Waals surface area contributed by atoms with E-state index in [0.29, 0.717) is 30.2 Å². The van der Waals surface area contributed by atoms with Crippen molar-refractivity contribution in [2.45, 2.75) is 51.1 Å².